The zero-order valence-electron chi connectivity index (χ0n) is 8.94. The van der Waals surface area contributed by atoms with Gasteiger partial charge >= 0.3 is 0 Å². The molecule has 0 amide bonds. The molecule has 2 aromatic rings. The summed E-state index contributed by atoms with van der Waals surface area (Å²) in [5, 5.41) is 8.23. The second-order valence-electron chi connectivity index (χ2n) is 3.44. The summed E-state index contributed by atoms with van der Waals surface area (Å²) in [5.41, 5.74) is 7.45. The Labute approximate surface area is 88.8 Å². The molecular weight excluding hydrogens is 188 g/mol. The third-order valence-electron chi connectivity index (χ3n) is 2.42. The van der Waals surface area contributed by atoms with Gasteiger partial charge in [0.25, 0.3) is 0 Å². The zero-order chi connectivity index (χ0) is 10.8. The zero-order valence-corrected chi connectivity index (χ0v) is 8.94. The molecule has 2 rings (SSSR count). The van der Waals surface area contributed by atoms with Gasteiger partial charge in [0.05, 0.1) is 0 Å². The van der Waals surface area contributed by atoms with Crippen molar-refractivity contribution in [1.29, 1.82) is 0 Å². The number of anilines is 1. The van der Waals surface area contributed by atoms with Crippen molar-refractivity contribution in [3.63, 3.8) is 0 Å². The van der Waals surface area contributed by atoms with Gasteiger partial charge in [-0.1, -0.05) is 0 Å². The lowest BCUT2D eigenvalue weighted by Gasteiger charge is -2.05. The van der Waals surface area contributed by atoms with Gasteiger partial charge in [0.2, 0.25) is 0 Å². The fourth-order valence-corrected chi connectivity index (χ4v) is 1.61. The standard InChI is InChI=1S/C11H14N4/c1-3-15-8(2)13-14-11(15)9-4-6-10(12)7-5-9/h4-7H,3,12H2,1-2H3. The highest BCUT2D eigenvalue weighted by molar-refractivity contribution is 5.58. The Balaban J connectivity index is 2.49. The first-order valence-corrected chi connectivity index (χ1v) is 4.98. The van der Waals surface area contributed by atoms with Crippen molar-refractivity contribution in [3.05, 3.63) is 30.1 Å². The van der Waals surface area contributed by atoms with Gasteiger partial charge in [0, 0.05) is 17.8 Å². The summed E-state index contributed by atoms with van der Waals surface area (Å²) in [4.78, 5) is 0. The van der Waals surface area contributed by atoms with Crippen LogP contribution < -0.4 is 5.73 Å². The molecular formula is C11H14N4. The van der Waals surface area contributed by atoms with Gasteiger partial charge in [0.15, 0.2) is 5.82 Å². The number of hydrogen-bond acceptors (Lipinski definition) is 3. The largest absolute Gasteiger partial charge is 0.399 e. The first-order chi connectivity index (χ1) is 7.22. The SMILES string of the molecule is CCn1c(C)nnc1-c1ccc(N)cc1. The molecule has 0 radical (unpaired) electrons. The van der Waals surface area contributed by atoms with Crippen LogP contribution in [0.3, 0.4) is 0 Å². The summed E-state index contributed by atoms with van der Waals surface area (Å²) in [5.74, 6) is 1.83. The Hall–Kier alpha value is -1.84. The number of nitrogen functional groups attached to an aromatic ring is 1. The van der Waals surface area contributed by atoms with Crippen molar-refractivity contribution >= 4 is 5.69 Å². The summed E-state index contributed by atoms with van der Waals surface area (Å²) in [6.07, 6.45) is 0. The third-order valence-corrected chi connectivity index (χ3v) is 2.42. The van der Waals surface area contributed by atoms with E-state index in [4.69, 9.17) is 5.73 Å². The van der Waals surface area contributed by atoms with Crippen LogP contribution in [0.1, 0.15) is 12.7 Å². The van der Waals surface area contributed by atoms with E-state index in [0.717, 1.165) is 29.4 Å². The molecule has 0 saturated carbocycles. The fourth-order valence-electron chi connectivity index (χ4n) is 1.61. The fraction of sp³-hybridized carbons (Fsp3) is 0.273. The lowest BCUT2D eigenvalue weighted by atomic mass is 10.2. The second kappa shape index (κ2) is 3.73. The molecule has 4 nitrogen and oxygen atoms in total. The molecule has 0 aliphatic rings. The average Bonchev–Trinajstić information content (AvgIpc) is 2.61. The quantitative estimate of drug-likeness (QED) is 0.756. The van der Waals surface area contributed by atoms with Crippen LogP contribution in [0.4, 0.5) is 5.69 Å². The summed E-state index contributed by atoms with van der Waals surface area (Å²) >= 11 is 0. The molecule has 0 spiro atoms. The van der Waals surface area contributed by atoms with Crippen LogP contribution in [0.2, 0.25) is 0 Å². The Morgan fingerprint density at radius 2 is 1.87 bits per heavy atom. The van der Waals surface area contributed by atoms with Crippen molar-refractivity contribution in [2.75, 3.05) is 5.73 Å². The van der Waals surface area contributed by atoms with Crippen molar-refractivity contribution in [3.8, 4) is 11.4 Å². The van der Waals surface area contributed by atoms with E-state index in [9.17, 15) is 0 Å². The summed E-state index contributed by atoms with van der Waals surface area (Å²) < 4.78 is 2.07. The molecule has 0 aliphatic heterocycles. The monoisotopic (exact) mass is 202 g/mol. The van der Waals surface area contributed by atoms with Gasteiger partial charge in [-0.2, -0.15) is 0 Å². The van der Waals surface area contributed by atoms with Crippen LogP contribution in [-0.2, 0) is 6.54 Å². The minimum atomic E-state index is 0.762. The van der Waals surface area contributed by atoms with Gasteiger partial charge in [0.1, 0.15) is 5.82 Å². The van der Waals surface area contributed by atoms with Crippen LogP contribution in [0.5, 0.6) is 0 Å². The maximum atomic E-state index is 5.64. The summed E-state index contributed by atoms with van der Waals surface area (Å²) in [7, 11) is 0. The Morgan fingerprint density at radius 3 is 2.47 bits per heavy atom. The smallest absolute Gasteiger partial charge is 0.163 e. The predicted octanol–water partition coefficient (Wildman–Crippen LogP) is 1.86. The average molecular weight is 202 g/mol. The Bertz CT molecular complexity index is 456. The van der Waals surface area contributed by atoms with Gasteiger partial charge < -0.3 is 10.3 Å². The maximum absolute atomic E-state index is 5.64. The number of aromatic nitrogens is 3. The normalized spacial score (nSPS) is 10.5. The topological polar surface area (TPSA) is 56.7 Å². The molecule has 0 bridgehead atoms. The van der Waals surface area contributed by atoms with Gasteiger partial charge in [-0.25, -0.2) is 0 Å². The van der Waals surface area contributed by atoms with E-state index in [2.05, 4.69) is 21.7 Å². The van der Waals surface area contributed by atoms with E-state index in [1.165, 1.54) is 0 Å². The molecule has 2 N–H and O–H groups in total. The molecule has 15 heavy (non-hydrogen) atoms. The van der Waals surface area contributed by atoms with E-state index in [-0.39, 0.29) is 0 Å². The molecule has 78 valence electrons. The number of benzene rings is 1. The van der Waals surface area contributed by atoms with Crippen LogP contribution in [0.25, 0.3) is 11.4 Å². The van der Waals surface area contributed by atoms with E-state index in [0.29, 0.717) is 0 Å². The molecule has 1 aromatic heterocycles. The molecule has 1 heterocycles. The first-order valence-electron chi connectivity index (χ1n) is 4.98. The molecule has 0 unspecified atom stereocenters. The van der Waals surface area contributed by atoms with Crippen molar-refractivity contribution in [2.45, 2.75) is 20.4 Å². The molecule has 0 atom stereocenters. The maximum Gasteiger partial charge on any atom is 0.163 e. The van der Waals surface area contributed by atoms with Gasteiger partial charge in [-0.15, -0.1) is 10.2 Å². The van der Waals surface area contributed by atoms with E-state index >= 15 is 0 Å². The van der Waals surface area contributed by atoms with Crippen LogP contribution >= 0.6 is 0 Å². The lowest BCUT2D eigenvalue weighted by molar-refractivity contribution is 0.737. The summed E-state index contributed by atoms with van der Waals surface area (Å²) in [6.45, 7) is 4.91. The van der Waals surface area contributed by atoms with Crippen LogP contribution in [0.15, 0.2) is 24.3 Å². The Morgan fingerprint density at radius 1 is 1.20 bits per heavy atom. The summed E-state index contributed by atoms with van der Waals surface area (Å²) in [6, 6.07) is 7.68. The van der Waals surface area contributed by atoms with Crippen LogP contribution in [0, 0.1) is 6.92 Å². The minimum Gasteiger partial charge on any atom is -0.399 e. The van der Waals surface area contributed by atoms with E-state index in [1.807, 2.05) is 31.2 Å². The first kappa shape index (κ1) is 9.71. The molecule has 4 heteroatoms. The van der Waals surface area contributed by atoms with Crippen molar-refractivity contribution in [1.82, 2.24) is 14.8 Å². The van der Waals surface area contributed by atoms with Crippen LogP contribution in [-0.4, -0.2) is 14.8 Å². The number of aryl methyl sites for hydroxylation is 1. The van der Waals surface area contributed by atoms with E-state index < -0.39 is 0 Å². The highest BCUT2D eigenvalue weighted by Gasteiger charge is 2.08. The predicted molar refractivity (Wildman–Crippen MR) is 60.3 cm³/mol. The van der Waals surface area contributed by atoms with E-state index in [1.54, 1.807) is 0 Å². The number of nitrogens with zero attached hydrogens (tertiary/aromatic N) is 3. The van der Waals surface area contributed by atoms with Gasteiger partial charge in [-0.05, 0) is 38.1 Å². The highest BCUT2D eigenvalue weighted by atomic mass is 15.3. The molecule has 0 fully saturated rings. The minimum absolute atomic E-state index is 0.762. The van der Waals surface area contributed by atoms with Crippen molar-refractivity contribution in [2.24, 2.45) is 0 Å². The molecule has 1 aromatic carbocycles. The molecule has 0 saturated heterocycles. The second-order valence-corrected chi connectivity index (χ2v) is 3.44. The Kier molecular flexibility index (Phi) is 2.41. The number of hydrogen-bond donors (Lipinski definition) is 1. The van der Waals surface area contributed by atoms with Crippen molar-refractivity contribution < 1.29 is 0 Å². The number of nitrogens with two attached hydrogens (primary N) is 1. The molecule has 0 aliphatic carbocycles. The van der Waals surface area contributed by atoms with Gasteiger partial charge in [-0.3, -0.25) is 0 Å². The third kappa shape index (κ3) is 1.70. The number of rotatable bonds is 2. The highest BCUT2D eigenvalue weighted by Crippen LogP contribution is 2.19. The lowest BCUT2D eigenvalue weighted by Crippen LogP contribution is -1.99.